The molecule has 0 amide bonds. The van der Waals surface area contributed by atoms with Crippen LogP contribution >= 0.6 is 39.0 Å². The lowest BCUT2D eigenvalue weighted by Crippen LogP contribution is -1.80. The minimum atomic E-state index is 0.551. The lowest BCUT2D eigenvalue weighted by Gasteiger charge is -1.98. The van der Waals surface area contributed by atoms with Crippen molar-refractivity contribution in [2.45, 2.75) is 24.8 Å². The Morgan fingerprint density at radius 2 is 2.14 bits per heavy atom. The Bertz CT molecular complexity index is 769. The van der Waals surface area contributed by atoms with E-state index in [1.165, 1.54) is 17.3 Å². The fraction of sp³-hybridized carbons (Fsp3) is 0.214. The van der Waals surface area contributed by atoms with E-state index < -0.39 is 0 Å². The summed E-state index contributed by atoms with van der Waals surface area (Å²) < 4.78 is 6.79. The Morgan fingerprint density at radius 3 is 2.86 bits per heavy atom. The van der Waals surface area contributed by atoms with Crippen molar-refractivity contribution in [3.05, 3.63) is 45.0 Å². The number of hydrogen-bond acceptors (Lipinski definition) is 6. The fourth-order valence-corrected chi connectivity index (χ4v) is 3.86. The molecule has 0 bridgehead atoms. The van der Waals surface area contributed by atoms with Gasteiger partial charge in [0.15, 0.2) is 0 Å². The molecule has 0 atom stereocenters. The minimum Gasteiger partial charge on any atom is -0.410 e. The summed E-state index contributed by atoms with van der Waals surface area (Å²) in [7, 11) is 0. The molecule has 0 unspecified atom stereocenters. The Hall–Kier alpha value is -1.18. The normalized spacial score (nSPS) is 11.0. The molecule has 2 aromatic heterocycles. The number of hydrogen-bond donors (Lipinski definition) is 0. The zero-order valence-corrected chi connectivity index (χ0v) is 14.7. The standard InChI is InChI=1S/C14H12BrN3OS2/c1-8-12(21-9(2)16-8)13-17-18-14(19-13)20-7-10-4-3-5-11(15)6-10/h3-6H,7H2,1-2H3. The molecule has 21 heavy (non-hydrogen) atoms. The number of benzene rings is 1. The zero-order valence-electron chi connectivity index (χ0n) is 11.5. The quantitative estimate of drug-likeness (QED) is 0.603. The minimum absolute atomic E-state index is 0.551. The molecule has 0 fully saturated rings. The number of thioether (sulfide) groups is 1. The van der Waals surface area contributed by atoms with E-state index in [1.807, 2.05) is 26.0 Å². The second-order valence-corrected chi connectivity index (χ2v) is 7.48. The van der Waals surface area contributed by atoms with E-state index in [4.69, 9.17) is 4.42 Å². The molecule has 3 rings (SSSR count). The van der Waals surface area contributed by atoms with Gasteiger partial charge in [-0.1, -0.05) is 39.8 Å². The van der Waals surface area contributed by atoms with Gasteiger partial charge in [-0.3, -0.25) is 0 Å². The zero-order chi connectivity index (χ0) is 14.8. The molecular formula is C14H12BrN3OS2. The van der Waals surface area contributed by atoms with Gasteiger partial charge in [0.05, 0.1) is 10.7 Å². The van der Waals surface area contributed by atoms with E-state index in [0.717, 1.165) is 25.8 Å². The Balaban J connectivity index is 1.72. The largest absolute Gasteiger partial charge is 0.410 e. The van der Waals surface area contributed by atoms with Crippen LogP contribution in [0.3, 0.4) is 0 Å². The summed E-state index contributed by atoms with van der Waals surface area (Å²) >= 11 is 6.58. The van der Waals surface area contributed by atoms with Crippen molar-refractivity contribution >= 4 is 39.0 Å². The van der Waals surface area contributed by atoms with Crippen molar-refractivity contribution in [1.82, 2.24) is 15.2 Å². The predicted molar refractivity (Wildman–Crippen MR) is 88.6 cm³/mol. The van der Waals surface area contributed by atoms with Crippen LogP contribution in [0.25, 0.3) is 10.8 Å². The van der Waals surface area contributed by atoms with Crippen molar-refractivity contribution in [2.75, 3.05) is 0 Å². The second kappa shape index (κ2) is 6.29. The number of aromatic nitrogens is 3. The van der Waals surface area contributed by atoms with Crippen LogP contribution in [0.4, 0.5) is 0 Å². The molecule has 0 spiro atoms. The Labute approximate surface area is 139 Å². The highest BCUT2D eigenvalue weighted by Gasteiger charge is 2.15. The SMILES string of the molecule is Cc1nc(C)c(-c2nnc(SCc3cccc(Br)c3)o2)s1. The van der Waals surface area contributed by atoms with Crippen molar-refractivity contribution < 1.29 is 4.42 Å². The second-order valence-electron chi connectivity index (χ2n) is 4.44. The summed E-state index contributed by atoms with van der Waals surface area (Å²) in [6.07, 6.45) is 0. The average molecular weight is 382 g/mol. The Morgan fingerprint density at radius 1 is 1.29 bits per heavy atom. The van der Waals surface area contributed by atoms with Crippen molar-refractivity contribution in [1.29, 1.82) is 0 Å². The smallest absolute Gasteiger partial charge is 0.277 e. The van der Waals surface area contributed by atoms with Crippen LogP contribution in [0, 0.1) is 13.8 Å². The molecule has 3 aromatic rings. The summed E-state index contributed by atoms with van der Waals surface area (Å²) in [5.74, 6) is 1.34. The van der Waals surface area contributed by atoms with Gasteiger partial charge in [0.2, 0.25) is 0 Å². The molecule has 0 N–H and O–H groups in total. The maximum atomic E-state index is 5.72. The van der Waals surface area contributed by atoms with Gasteiger partial charge in [-0.05, 0) is 31.5 Å². The first-order chi connectivity index (χ1) is 10.1. The third-order valence-electron chi connectivity index (χ3n) is 2.76. The van der Waals surface area contributed by atoms with Crippen LogP contribution in [0.1, 0.15) is 16.3 Å². The van der Waals surface area contributed by atoms with Crippen LogP contribution in [0.5, 0.6) is 0 Å². The first-order valence-corrected chi connectivity index (χ1v) is 8.86. The molecule has 0 saturated heterocycles. The monoisotopic (exact) mass is 381 g/mol. The molecule has 0 saturated carbocycles. The maximum Gasteiger partial charge on any atom is 0.277 e. The third-order valence-corrected chi connectivity index (χ3v) is 5.20. The first-order valence-electron chi connectivity index (χ1n) is 6.27. The first kappa shape index (κ1) is 14.7. The van der Waals surface area contributed by atoms with Crippen LogP contribution in [0.15, 0.2) is 38.4 Å². The van der Waals surface area contributed by atoms with Crippen molar-refractivity contribution in [2.24, 2.45) is 0 Å². The van der Waals surface area contributed by atoms with Gasteiger partial charge in [0.25, 0.3) is 11.1 Å². The summed E-state index contributed by atoms with van der Waals surface area (Å²) in [6, 6.07) is 8.18. The molecule has 4 nitrogen and oxygen atoms in total. The van der Waals surface area contributed by atoms with Gasteiger partial charge in [-0.2, -0.15) is 0 Å². The molecule has 0 radical (unpaired) electrons. The van der Waals surface area contributed by atoms with E-state index in [0.29, 0.717) is 11.1 Å². The molecule has 0 aliphatic carbocycles. The summed E-state index contributed by atoms with van der Waals surface area (Å²) in [6.45, 7) is 3.93. The van der Waals surface area contributed by atoms with E-state index in [2.05, 4.69) is 43.2 Å². The molecule has 7 heteroatoms. The summed E-state index contributed by atoms with van der Waals surface area (Å²) in [4.78, 5) is 5.33. The van der Waals surface area contributed by atoms with Crippen molar-refractivity contribution in [3.63, 3.8) is 0 Å². The van der Waals surface area contributed by atoms with Gasteiger partial charge >= 0.3 is 0 Å². The highest BCUT2D eigenvalue weighted by atomic mass is 79.9. The number of nitrogens with zero attached hydrogens (tertiary/aromatic N) is 3. The number of halogens is 1. The molecule has 108 valence electrons. The molecule has 0 aliphatic rings. The van der Waals surface area contributed by atoms with E-state index in [9.17, 15) is 0 Å². The topological polar surface area (TPSA) is 51.8 Å². The van der Waals surface area contributed by atoms with Gasteiger partial charge in [0.1, 0.15) is 4.88 Å². The van der Waals surface area contributed by atoms with Crippen LogP contribution in [-0.2, 0) is 5.75 Å². The van der Waals surface area contributed by atoms with Crippen molar-refractivity contribution in [3.8, 4) is 10.8 Å². The van der Waals surface area contributed by atoms with E-state index >= 15 is 0 Å². The number of rotatable bonds is 4. The molecular weight excluding hydrogens is 370 g/mol. The van der Waals surface area contributed by atoms with Gasteiger partial charge in [-0.15, -0.1) is 21.5 Å². The molecule has 0 aliphatic heterocycles. The van der Waals surface area contributed by atoms with Gasteiger partial charge in [0, 0.05) is 10.2 Å². The predicted octanol–water partition coefficient (Wildman–Crippen LogP) is 4.86. The molecule has 1 aromatic carbocycles. The van der Waals surface area contributed by atoms with Gasteiger partial charge < -0.3 is 4.42 Å². The lowest BCUT2D eigenvalue weighted by molar-refractivity contribution is 0.466. The summed E-state index contributed by atoms with van der Waals surface area (Å²) in [5, 5.41) is 9.79. The highest BCUT2D eigenvalue weighted by molar-refractivity contribution is 9.10. The van der Waals surface area contributed by atoms with Crippen LogP contribution in [0.2, 0.25) is 0 Å². The maximum absolute atomic E-state index is 5.72. The van der Waals surface area contributed by atoms with Crippen LogP contribution < -0.4 is 0 Å². The third kappa shape index (κ3) is 3.53. The average Bonchev–Trinajstić information content (AvgIpc) is 3.03. The number of aryl methyl sites for hydroxylation is 2. The number of thiazole rings is 1. The van der Waals surface area contributed by atoms with Crippen LogP contribution in [-0.4, -0.2) is 15.2 Å². The lowest BCUT2D eigenvalue weighted by atomic mass is 10.2. The van der Waals surface area contributed by atoms with E-state index in [1.54, 1.807) is 11.3 Å². The summed E-state index contributed by atoms with van der Waals surface area (Å²) in [5.41, 5.74) is 2.14. The van der Waals surface area contributed by atoms with Gasteiger partial charge in [-0.25, -0.2) is 4.98 Å². The van der Waals surface area contributed by atoms with E-state index in [-0.39, 0.29) is 0 Å². The fourth-order valence-electron chi connectivity index (χ4n) is 1.86. The molecule has 2 heterocycles. The highest BCUT2D eigenvalue weighted by Crippen LogP contribution is 2.31. The Kier molecular flexibility index (Phi) is 4.42.